The van der Waals surface area contributed by atoms with Gasteiger partial charge < -0.3 is 20.5 Å². The Morgan fingerprint density at radius 1 is 1.05 bits per heavy atom. The molecule has 4 rings (SSSR count). The van der Waals surface area contributed by atoms with Crippen LogP contribution in [0.2, 0.25) is 0 Å². The van der Waals surface area contributed by atoms with Crippen LogP contribution in [-0.2, 0) is 6.54 Å². The second kappa shape index (κ2) is 12.6. The second-order valence-electron chi connectivity index (χ2n) is 10.8. The van der Waals surface area contributed by atoms with E-state index in [9.17, 15) is 9.18 Å². The number of nitrogens with zero attached hydrogens (tertiary/aromatic N) is 4. The average Bonchev–Trinajstić information content (AvgIpc) is 3.36. The van der Waals surface area contributed by atoms with Gasteiger partial charge >= 0.3 is 6.03 Å². The van der Waals surface area contributed by atoms with Gasteiger partial charge in [-0.25, -0.2) is 14.2 Å². The summed E-state index contributed by atoms with van der Waals surface area (Å²) in [6.07, 6.45) is 0.561. The van der Waals surface area contributed by atoms with E-state index in [0.29, 0.717) is 23.6 Å². The lowest BCUT2D eigenvalue weighted by Crippen LogP contribution is -2.48. The number of nitrogens with two attached hydrogens (primary N) is 1. The Bertz CT molecular complexity index is 1440. The standard InChI is InChI=1S/C32H35FN6O/c1-32(2,3)29(39(21-26(33)19-35)31(40)36-27-16-14-23(18-34)15-17-27)30-37-28(25-12-8-5-9-13-25)22-38(30)20-24-10-6-4-7-11-24/h4-17,22,26,29H,19-21,35H2,1-3H3,(H,36,40)/t26-,29?/m1/s1. The van der Waals surface area contributed by atoms with E-state index < -0.39 is 23.7 Å². The highest BCUT2D eigenvalue weighted by atomic mass is 19.1. The maximum Gasteiger partial charge on any atom is 0.322 e. The third-order valence-corrected chi connectivity index (χ3v) is 6.63. The number of amides is 2. The molecular formula is C32H35FN6O. The van der Waals surface area contributed by atoms with Gasteiger partial charge in [0.15, 0.2) is 0 Å². The smallest absolute Gasteiger partial charge is 0.322 e. The highest BCUT2D eigenvalue weighted by Gasteiger charge is 2.39. The zero-order valence-electron chi connectivity index (χ0n) is 23.1. The Labute approximate surface area is 235 Å². The predicted molar refractivity (Wildman–Crippen MR) is 156 cm³/mol. The van der Waals surface area contributed by atoms with Crippen molar-refractivity contribution in [2.75, 3.05) is 18.4 Å². The van der Waals surface area contributed by atoms with E-state index in [1.807, 2.05) is 92.2 Å². The molecule has 4 aromatic rings. The fourth-order valence-corrected chi connectivity index (χ4v) is 4.71. The Hall–Kier alpha value is -4.48. The first-order valence-corrected chi connectivity index (χ1v) is 13.3. The summed E-state index contributed by atoms with van der Waals surface area (Å²) in [5.41, 5.74) is 8.93. The number of nitrogens with one attached hydrogen (secondary N) is 1. The molecule has 3 N–H and O–H groups in total. The number of imidazole rings is 1. The Balaban J connectivity index is 1.81. The maximum atomic E-state index is 15.0. The predicted octanol–water partition coefficient (Wildman–Crippen LogP) is 6.39. The lowest BCUT2D eigenvalue weighted by atomic mass is 9.84. The van der Waals surface area contributed by atoms with Gasteiger partial charge in [0.25, 0.3) is 0 Å². The van der Waals surface area contributed by atoms with Crippen LogP contribution in [0.1, 0.15) is 43.8 Å². The van der Waals surface area contributed by atoms with Crippen LogP contribution in [-0.4, -0.2) is 39.7 Å². The molecule has 0 aliphatic carbocycles. The number of anilines is 1. The van der Waals surface area contributed by atoms with Crippen LogP contribution < -0.4 is 11.1 Å². The van der Waals surface area contributed by atoms with Crippen molar-refractivity contribution < 1.29 is 9.18 Å². The lowest BCUT2D eigenvalue weighted by Gasteiger charge is -2.40. The van der Waals surface area contributed by atoms with Gasteiger partial charge in [-0.3, -0.25) is 0 Å². The third-order valence-electron chi connectivity index (χ3n) is 6.63. The van der Waals surface area contributed by atoms with E-state index in [1.165, 1.54) is 4.90 Å². The third kappa shape index (κ3) is 6.93. The summed E-state index contributed by atoms with van der Waals surface area (Å²) in [4.78, 5) is 20.4. The molecular weight excluding hydrogens is 503 g/mol. The minimum Gasteiger partial charge on any atom is -0.328 e. The summed E-state index contributed by atoms with van der Waals surface area (Å²) in [5.74, 6) is 0.648. The number of halogens is 1. The number of carbonyl (C=O) groups excluding carboxylic acids is 1. The van der Waals surface area contributed by atoms with Crippen molar-refractivity contribution >= 4 is 11.7 Å². The van der Waals surface area contributed by atoms with Gasteiger partial charge in [0.2, 0.25) is 0 Å². The number of aromatic nitrogens is 2. The van der Waals surface area contributed by atoms with Gasteiger partial charge in [-0.2, -0.15) is 5.26 Å². The largest absolute Gasteiger partial charge is 0.328 e. The molecule has 0 aliphatic rings. The molecule has 2 atom stereocenters. The molecule has 0 fully saturated rings. The minimum atomic E-state index is -1.43. The zero-order chi connectivity index (χ0) is 28.7. The van der Waals surface area contributed by atoms with Crippen LogP contribution >= 0.6 is 0 Å². The second-order valence-corrected chi connectivity index (χ2v) is 10.8. The highest BCUT2D eigenvalue weighted by molar-refractivity contribution is 5.89. The monoisotopic (exact) mass is 538 g/mol. The first-order valence-electron chi connectivity index (χ1n) is 13.3. The summed E-state index contributed by atoms with van der Waals surface area (Å²) in [6.45, 7) is 6.14. The fourth-order valence-electron chi connectivity index (χ4n) is 4.71. The van der Waals surface area contributed by atoms with Crippen molar-refractivity contribution in [3.05, 3.63) is 108 Å². The zero-order valence-corrected chi connectivity index (χ0v) is 23.1. The number of alkyl halides is 1. The molecule has 1 heterocycles. The SMILES string of the molecule is CC(C)(C)C(c1nc(-c2ccccc2)cn1Cc1ccccc1)N(C[C@H](F)CN)C(=O)Nc1ccc(C#N)cc1. The van der Waals surface area contributed by atoms with E-state index in [1.54, 1.807) is 24.3 Å². The van der Waals surface area contributed by atoms with Crippen LogP contribution in [0.5, 0.6) is 0 Å². The summed E-state index contributed by atoms with van der Waals surface area (Å²) >= 11 is 0. The van der Waals surface area contributed by atoms with Crippen LogP contribution in [0, 0.1) is 16.7 Å². The molecule has 1 aromatic heterocycles. The van der Waals surface area contributed by atoms with Crippen molar-refractivity contribution in [3.63, 3.8) is 0 Å². The Kier molecular flexibility index (Phi) is 8.97. The first-order chi connectivity index (χ1) is 19.2. The molecule has 0 spiro atoms. The molecule has 0 bridgehead atoms. The highest BCUT2D eigenvalue weighted by Crippen LogP contribution is 2.39. The van der Waals surface area contributed by atoms with Crippen molar-refractivity contribution in [1.29, 1.82) is 5.26 Å². The molecule has 7 nitrogen and oxygen atoms in total. The van der Waals surface area contributed by atoms with Crippen molar-refractivity contribution in [3.8, 4) is 17.3 Å². The minimum absolute atomic E-state index is 0.209. The van der Waals surface area contributed by atoms with Gasteiger partial charge in [-0.15, -0.1) is 0 Å². The van der Waals surface area contributed by atoms with E-state index in [2.05, 4.69) is 11.4 Å². The molecule has 2 amide bonds. The Morgan fingerprint density at radius 3 is 2.25 bits per heavy atom. The van der Waals surface area contributed by atoms with Gasteiger partial charge in [-0.05, 0) is 35.2 Å². The summed E-state index contributed by atoms with van der Waals surface area (Å²) in [6, 6.07) is 27.4. The molecule has 0 aliphatic heterocycles. The van der Waals surface area contributed by atoms with Crippen LogP contribution in [0.4, 0.5) is 14.9 Å². The van der Waals surface area contributed by atoms with Crippen LogP contribution in [0.25, 0.3) is 11.3 Å². The summed E-state index contributed by atoms with van der Waals surface area (Å²) in [5, 5.41) is 12.0. The normalized spacial score (nSPS) is 12.8. The summed E-state index contributed by atoms with van der Waals surface area (Å²) < 4.78 is 17.0. The van der Waals surface area contributed by atoms with Crippen LogP contribution in [0.15, 0.2) is 91.1 Å². The van der Waals surface area contributed by atoms with Crippen molar-refractivity contribution in [1.82, 2.24) is 14.5 Å². The van der Waals surface area contributed by atoms with Gasteiger partial charge in [0.1, 0.15) is 12.0 Å². The van der Waals surface area contributed by atoms with Crippen molar-refractivity contribution in [2.24, 2.45) is 11.1 Å². The lowest BCUT2D eigenvalue weighted by molar-refractivity contribution is 0.0960. The van der Waals surface area contributed by atoms with Gasteiger partial charge in [0.05, 0.1) is 29.9 Å². The van der Waals surface area contributed by atoms with E-state index in [4.69, 9.17) is 16.0 Å². The van der Waals surface area contributed by atoms with Crippen molar-refractivity contribution in [2.45, 2.75) is 39.5 Å². The number of carbonyl (C=O) groups is 1. The molecule has 0 radical (unpaired) electrons. The molecule has 3 aromatic carbocycles. The first kappa shape index (κ1) is 28.5. The quantitative estimate of drug-likeness (QED) is 0.258. The fraction of sp³-hybridized carbons (Fsp3) is 0.281. The number of hydrogen-bond acceptors (Lipinski definition) is 4. The average molecular weight is 539 g/mol. The molecule has 8 heteroatoms. The molecule has 1 unspecified atom stereocenters. The van der Waals surface area contributed by atoms with E-state index >= 15 is 0 Å². The molecule has 0 saturated heterocycles. The number of urea groups is 1. The van der Waals surface area contributed by atoms with E-state index in [-0.39, 0.29) is 13.1 Å². The number of nitriles is 1. The number of hydrogen-bond donors (Lipinski definition) is 2. The maximum absolute atomic E-state index is 15.0. The van der Waals surface area contributed by atoms with Gasteiger partial charge in [-0.1, -0.05) is 81.4 Å². The summed E-state index contributed by atoms with van der Waals surface area (Å²) in [7, 11) is 0. The number of rotatable bonds is 9. The topological polar surface area (TPSA) is 100.0 Å². The van der Waals surface area contributed by atoms with Gasteiger partial charge in [0, 0.05) is 30.5 Å². The Morgan fingerprint density at radius 2 is 1.68 bits per heavy atom. The van der Waals surface area contributed by atoms with Crippen LogP contribution in [0.3, 0.4) is 0 Å². The number of benzene rings is 3. The van der Waals surface area contributed by atoms with E-state index in [0.717, 1.165) is 16.8 Å². The molecule has 40 heavy (non-hydrogen) atoms. The molecule has 206 valence electrons. The molecule has 0 saturated carbocycles.